The molecule has 4 nitrogen and oxygen atoms in total. The zero-order valence-electron chi connectivity index (χ0n) is 25.4. The van der Waals surface area contributed by atoms with Crippen molar-refractivity contribution in [1.29, 1.82) is 0 Å². The van der Waals surface area contributed by atoms with Gasteiger partial charge in [0.15, 0.2) is 5.82 Å². The molecule has 3 aliphatic rings. The van der Waals surface area contributed by atoms with E-state index < -0.39 is 5.41 Å². The lowest BCUT2D eigenvalue weighted by Gasteiger charge is -2.44. The summed E-state index contributed by atoms with van der Waals surface area (Å²) >= 11 is 0. The summed E-state index contributed by atoms with van der Waals surface area (Å²) < 4.78 is 0. The van der Waals surface area contributed by atoms with E-state index in [-0.39, 0.29) is 28.9 Å². The molecule has 0 atom stereocenters. The van der Waals surface area contributed by atoms with Crippen LogP contribution in [-0.2, 0) is 21.0 Å². The molecule has 0 saturated carbocycles. The van der Waals surface area contributed by atoms with E-state index in [4.69, 9.17) is 9.97 Å². The van der Waals surface area contributed by atoms with Crippen LogP contribution in [0.4, 0.5) is 11.5 Å². The first-order valence-corrected chi connectivity index (χ1v) is 14.5. The summed E-state index contributed by atoms with van der Waals surface area (Å²) in [6.07, 6.45) is 0. The van der Waals surface area contributed by atoms with Crippen LogP contribution < -0.4 is 21.4 Å². The van der Waals surface area contributed by atoms with Gasteiger partial charge in [0, 0.05) is 16.2 Å². The Labute approximate surface area is 238 Å². The van der Waals surface area contributed by atoms with Crippen LogP contribution in [0.3, 0.4) is 0 Å². The molecule has 1 aromatic heterocycles. The van der Waals surface area contributed by atoms with Crippen molar-refractivity contribution in [2.75, 3.05) is 4.90 Å². The number of hydrogen-bond donors (Lipinski definition) is 0. The fourth-order valence-corrected chi connectivity index (χ4v) is 7.76. The second kappa shape index (κ2) is 7.43. The van der Waals surface area contributed by atoms with Gasteiger partial charge in [0.2, 0.25) is 5.91 Å². The van der Waals surface area contributed by atoms with Crippen LogP contribution >= 0.6 is 0 Å². The predicted molar refractivity (Wildman–Crippen MR) is 167 cm³/mol. The molecule has 0 radical (unpaired) electrons. The lowest BCUT2D eigenvalue weighted by Crippen LogP contribution is -2.63. The highest BCUT2D eigenvalue weighted by molar-refractivity contribution is 6.98. The molecule has 3 heterocycles. The van der Waals surface area contributed by atoms with Gasteiger partial charge in [-0.3, -0.25) is 14.7 Å². The number of carbonyl (C=O) groups excluding carboxylic acids is 1. The average molecular weight is 528 g/mol. The smallest absolute Gasteiger partial charge is 0.272 e. The van der Waals surface area contributed by atoms with Gasteiger partial charge in [-0.2, -0.15) is 0 Å². The second-order valence-electron chi connectivity index (χ2n) is 14.5. The van der Waals surface area contributed by atoms with Crippen LogP contribution in [0.15, 0.2) is 48.5 Å². The van der Waals surface area contributed by atoms with Gasteiger partial charge >= 0.3 is 0 Å². The third-order valence-corrected chi connectivity index (χ3v) is 11.4. The molecule has 3 aromatic carbocycles. The summed E-state index contributed by atoms with van der Waals surface area (Å²) in [4.78, 5) is 27.7. The molecule has 1 aliphatic carbocycles. The number of aromatic nitrogens is 2. The van der Waals surface area contributed by atoms with Gasteiger partial charge in [0.25, 0.3) is 6.71 Å². The predicted octanol–water partition coefficient (Wildman–Crippen LogP) is 5.63. The third kappa shape index (κ3) is 2.76. The zero-order chi connectivity index (χ0) is 28.7. The summed E-state index contributed by atoms with van der Waals surface area (Å²) in [5.41, 5.74) is 8.58. The van der Waals surface area contributed by atoms with Crippen molar-refractivity contribution in [3.05, 3.63) is 76.6 Å². The number of carbonyl (C=O) groups is 1. The molecule has 202 valence electrons. The molecule has 2 aliphatic heterocycles. The lowest BCUT2D eigenvalue weighted by molar-refractivity contribution is -0.122. The van der Waals surface area contributed by atoms with Crippen LogP contribution in [0.25, 0.3) is 10.8 Å². The van der Waals surface area contributed by atoms with E-state index in [0.717, 1.165) is 28.2 Å². The zero-order valence-corrected chi connectivity index (χ0v) is 25.4. The molecule has 0 spiro atoms. The Balaban J connectivity index is 1.68. The average Bonchev–Trinajstić information content (AvgIpc) is 2.99. The Hall–Kier alpha value is -3.47. The van der Waals surface area contributed by atoms with Gasteiger partial charge in [-0.25, -0.2) is 4.98 Å². The molecule has 0 fully saturated rings. The van der Waals surface area contributed by atoms with E-state index in [1.807, 2.05) is 4.90 Å². The molecular formula is C35H38BN3O. The molecule has 5 heteroatoms. The van der Waals surface area contributed by atoms with Gasteiger partial charge in [-0.05, 0) is 49.5 Å². The number of benzene rings is 3. The van der Waals surface area contributed by atoms with Crippen LogP contribution in [0.1, 0.15) is 83.5 Å². The van der Waals surface area contributed by atoms with Crippen molar-refractivity contribution in [3.63, 3.8) is 0 Å². The van der Waals surface area contributed by atoms with E-state index in [2.05, 4.69) is 118 Å². The normalized spacial score (nSPS) is 20.5. The fourth-order valence-electron chi connectivity index (χ4n) is 7.76. The lowest BCUT2D eigenvalue weighted by atomic mass is 9.36. The number of anilines is 2. The van der Waals surface area contributed by atoms with Crippen molar-refractivity contribution >= 4 is 51.4 Å². The van der Waals surface area contributed by atoms with E-state index in [1.165, 1.54) is 32.8 Å². The Morgan fingerprint density at radius 1 is 0.800 bits per heavy atom. The number of aryl methyl sites for hydroxylation is 2. The van der Waals surface area contributed by atoms with Gasteiger partial charge < -0.3 is 0 Å². The van der Waals surface area contributed by atoms with Crippen LogP contribution in [0.5, 0.6) is 0 Å². The highest BCUT2D eigenvalue weighted by Crippen LogP contribution is 2.60. The van der Waals surface area contributed by atoms with Gasteiger partial charge in [0.1, 0.15) is 0 Å². The maximum absolute atomic E-state index is 14.7. The Morgan fingerprint density at radius 3 is 2.08 bits per heavy atom. The van der Waals surface area contributed by atoms with Crippen LogP contribution in [0, 0.1) is 19.3 Å². The first kappa shape index (κ1) is 25.5. The van der Waals surface area contributed by atoms with Gasteiger partial charge in [-0.15, -0.1) is 0 Å². The summed E-state index contributed by atoms with van der Waals surface area (Å²) in [5.74, 6) is 0.771. The largest absolute Gasteiger partial charge is 0.273 e. The Morgan fingerprint density at radius 2 is 1.43 bits per heavy atom. The van der Waals surface area contributed by atoms with Gasteiger partial charge in [0.05, 0.1) is 28.1 Å². The standard InChI is InChI=1S/C35H38BN3O/c1-19-16-21-18-20(2)25-26-24(21)23(17-19)32(3,4)31(40)39(26)30-29(36(25)22-14-12-11-13-15-22)37-27-28(38-30)34(7,8)35(9,10)33(27,5)6/h11-18H,1-10H3. The molecule has 0 saturated heterocycles. The monoisotopic (exact) mass is 527 g/mol. The molecule has 0 bridgehead atoms. The number of rotatable bonds is 1. The topological polar surface area (TPSA) is 46.1 Å². The third-order valence-electron chi connectivity index (χ3n) is 11.4. The fraction of sp³-hybridized carbons (Fsp3) is 0.400. The van der Waals surface area contributed by atoms with E-state index in [1.54, 1.807) is 0 Å². The Bertz CT molecular complexity index is 1800. The summed E-state index contributed by atoms with van der Waals surface area (Å²) in [7, 11) is 0. The SMILES string of the molecule is Cc1cc2c3c4c(c(C)cc3c1)B(c1ccccc1)c1nc3c(nc1N4C(=O)C2(C)C)C(C)(C)C(C)(C)C3(C)C. The van der Waals surface area contributed by atoms with Gasteiger partial charge in [-0.1, -0.05) is 107 Å². The molecular weight excluding hydrogens is 489 g/mol. The molecule has 0 N–H and O–H groups in total. The van der Waals surface area contributed by atoms with E-state index in [0.29, 0.717) is 5.82 Å². The molecule has 40 heavy (non-hydrogen) atoms. The summed E-state index contributed by atoms with van der Waals surface area (Å²) in [6, 6.07) is 17.4. The molecule has 0 unspecified atom stereocenters. The van der Waals surface area contributed by atoms with Crippen molar-refractivity contribution in [2.45, 2.75) is 85.5 Å². The van der Waals surface area contributed by atoms with E-state index in [9.17, 15) is 4.79 Å². The molecule has 1 amide bonds. The van der Waals surface area contributed by atoms with Crippen molar-refractivity contribution in [2.24, 2.45) is 5.41 Å². The number of fused-ring (bicyclic) bond motifs is 3. The van der Waals surface area contributed by atoms with Crippen LogP contribution in [-0.4, -0.2) is 22.6 Å². The quantitative estimate of drug-likeness (QED) is 0.302. The summed E-state index contributed by atoms with van der Waals surface area (Å²) in [6.45, 7) is 22.2. The maximum Gasteiger partial charge on any atom is 0.272 e. The minimum absolute atomic E-state index is 0.0649. The number of amides is 1. The van der Waals surface area contributed by atoms with Crippen molar-refractivity contribution in [3.8, 4) is 0 Å². The second-order valence-corrected chi connectivity index (χ2v) is 14.5. The van der Waals surface area contributed by atoms with Crippen molar-refractivity contribution in [1.82, 2.24) is 9.97 Å². The molecule has 4 aromatic rings. The minimum atomic E-state index is -0.699. The van der Waals surface area contributed by atoms with Crippen molar-refractivity contribution < 1.29 is 4.79 Å². The number of hydrogen-bond acceptors (Lipinski definition) is 3. The van der Waals surface area contributed by atoms with E-state index >= 15 is 0 Å². The first-order valence-electron chi connectivity index (χ1n) is 14.5. The Kier molecular flexibility index (Phi) is 4.74. The minimum Gasteiger partial charge on any atom is -0.273 e. The molecule has 7 rings (SSSR count). The summed E-state index contributed by atoms with van der Waals surface area (Å²) in [5, 5.41) is 2.36. The first-order chi connectivity index (χ1) is 18.6. The number of nitrogens with zero attached hydrogens (tertiary/aromatic N) is 3. The van der Waals surface area contributed by atoms with Crippen LogP contribution in [0.2, 0.25) is 0 Å². The maximum atomic E-state index is 14.7. The highest BCUT2D eigenvalue weighted by atomic mass is 16.2. The highest BCUT2D eigenvalue weighted by Gasteiger charge is 2.60.